The predicted molar refractivity (Wildman–Crippen MR) is 65.9 cm³/mol. The summed E-state index contributed by atoms with van der Waals surface area (Å²) in [7, 11) is 1.80. The van der Waals surface area contributed by atoms with Crippen LogP contribution in [0.1, 0.15) is 19.0 Å². The Morgan fingerprint density at radius 2 is 2.22 bits per heavy atom. The molecule has 0 bridgehead atoms. The first-order chi connectivity index (χ1) is 8.47. The van der Waals surface area contributed by atoms with Crippen LogP contribution in [-0.2, 0) is 23.1 Å². The number of carbonyl (C=O) groups excluding carboxylic acids is 1. The van der Waals surface area contributed by atoms with E-state index in [2.05, 4.69) is 4.98 Å². The van der Waals surface area contributed by atoms with Gasteiger partial charge in [-0.05, 0) is 6.54 Å². The van der Waals surface area contributed by atoms with Crippen molar-refractivity contribution in [2.75, 3.05) is 6.54 Å². The van der Waals surface area contributed by atoms with Crippen LogP contribution in [0.2, 0.25) is 0 Å². The molecule has 0 saturated heterocycles. The zero-order valence-electron chi connectivity index (χ0n) is 10.7. The summed E-state index contributed by atoms with van der Waals surface area (Å²) in [6.45, 7) is 1.90. The molecule has 0 spiro atoms. The summed E-state index contributed by atoms with van der Waals surface area (Å²) in [6.07, 6.45) is 3.75. The number of hydrogen-bond acceptors (Lipinski definition) is 4. The highest BCUT2D eigenvalue weighted by Crippen LogP contribution is 2.19. The van der Waals surface area contributed by atoms with Crippen molar-refractivity contribution >= 4 is 11.8 Å². The number of carboxylic acid groups (broad SMARTS) is 1. The number of carboxylic acids is 1. The van der Waals surface area contributed by atoms with Crippen molar-refractivity contribution in [2.45, 2.75) is 19.8 Å². The highest BCUT2D eigenvalue weighted by molar-refractivity contribution is 5.86. The van der Waals surface area contributed by atoms with Gasteiger partial charge in [0.05, 0.1) is 12.2 Å². The average molecular weight is 253 g/mol. The number of hydrogen-bond donors (Lipinski definition) is 2. The van der Waals surface area contributed by atoms with Crippen molar-refractivity contribution in [3.05, 3.63) is 18.2 Å². The van der Waals surface area contributed by atoms with Crippen molar-refractivity contribution < 1.29 is 14.7 Å². The molecular formula is C12H19N3O3. The standard InChI is InChI=1S/C12H19N3O3/c1-8(11(16)3-4-13)10(12(17)18)5-9-6-14-7-15(9)2/h6-8,10H,3-5,13H2,1-2H3,(H,17,18)/t8?,10-/m1/s1. The fourth-order valence-corrected chi connectivity index (χ4v) is 1.88. The smallest absolute Gasteiger partial charge is 0.307 e. The van der Waals surface area contributed by atoms with Gasteiger partial charge in [-0.25, -0.2) is 4.98 Å². The summed E-state index contributed by atoms with van der Waals surface area (Å²) in [5.41, 5.74) is 6.12. The SMILES string of the molecule is CC(C(=O)CCN)[C@@H](Cc1cncn1C)C(=O)O. The molecule has 0 aliphatic heterocycles. The van der Waals surface area contributed by atoms with Gasteiger partial charge in [-0.15, -0.1) is 0 Å². The van der Waals surface area contributed by atoms with Crippen LogP contribution in [0, 0.1) is 11.8 Å². The third kappa shape index (κ3) is 3.40. The minimum absolute atomic E-state index is 0.105. The molecule has 1 rings (SSSR count). The highest BCUT2D eigenvalue weighted by Gasteiger charge is 2.30. The van der Waals surface area contributed by atoms with Gasteiger partial charge in [-0.3, -0.25) is 9.59 Å². The van der Waals surface area contributed by atoms with Crippen molar-refractivity contribution in [1.82, 2.24) is 9.55 Å². The lowest BCUT2D eigenvalue weighted by atomic mass is 9.85. The van der Waals surface area contributed by atoms with E-state index in [-0.39, 0.29) is 18.7 Å². The molecule has 0 fully saturated rings. The number of imidazole rings is 1. The zero-order chi connectivity index (χ0) is 13.7. The molecule has 6 heteroatoms. The first kappa shape index (κ1) is 14.4. The van der Waals surface area contributed by atoms with Crippen LogP contribution in [0.25, 0.3) is 0 Å². The van der Waals surface area contributed by atoms with E-state index in [1.54, 1.807) is 31.1 Å². The van der Waals surface area contributed by atoms with Crippen LogP contribution < -0.4 is 5.73 Å². The molecule has 0 radical (unpaired) electrons. The molecule has 18 heavy (non-hydrogen) atoms. The Labute approximate surface area is 106 Å². The van der Waals surface area contributed by atoms with Crippen molar-refractivity contribution in [2.24, 2.45) is 24.6 Å². The summed E-state index contributed by atoms with van der Waals surface area (Å²) >= 11 is 0. The van der Waals surface area contributed by atoms with Gasteiger partial charge in [0.2, 0.25) is 0 Å². The molecular weight excluding hydrogens is 234 g/mol. The second kappa shape index (κ2) is 6.30. The van der Waals surface area contributed by atoms with E-state index in [0.29, 0.717) is 6.42 Å². The van der Waals surface area contributed by atoms with Gasteiger partial charge in [-0.1, -0.05) is 6.92 Å². The number of aryl methyl sites for hydroxylation is 1. The maximum Gasteiger partial charge on any atom is 0.307 e. The van der Waals surface area contributed by atoms with E-state index in [9.17, 15) is 14.7 Å². The van der Waals surface area contributed by atoms with Crippen LogP contribution in [0.15, 0.2) is 12.5 Å². The Hall–Kier alpha value is -1.69. The second-order valence-electron chi connectivity index (χ2n) is 4.44. The number of carbonyl (C=O) groups is 2. The number of rotatable bonds is 7. The molecule has 1 unspecified atom stereocenters. The quantitative estimate of drug-likeness (QED) is 0.724. The molecule has 3 N–H and O–H groups in total. The first-order valence-corrected chi connectivity index (χ1v) is 5.88. The molecule has 6 nitrogen and oxygen atoms in total. The Bertz CT molecular complexity index is 428. The van der Waals surface area contributed by atoms with Crippen LogP contribution in [0.5, 0.6) is 0 Å². The summed E-state index contributed by atoms with van der Waals surface area (Å²) < 4.78 is 1.76. The number of aromatic nitrogens is 2. The highest BCUT2D eigenvalue weighted by atomic mass is 16.4. The Kier molecular flexibility index (Phi) is 5.03. The van der Waals surface area contributed by atoms with Gasteiger partial charge in [0.25, 0.3) is 0 Å². The van der Waals surface area contributed by atoms with Gasteiger partial charge >= 0.3 is 5.97 Å². The van der Waals surface area contributed by atoms with Gasteiger partial charge < -0.3 is 15.4 Å². The summed E-state index contributed by atoms with van der Waals surface area (Å²) in [6, 6.07) is 0. The third-order valence-electron chi connectivity index (χ3n) is 3.16. The van der Waals surface area contributed by atoms with Crippen LogP contribution in [0.3, 0.4) is 0 Å². The van der Waals surface area contributed by atoms with E-state index >= 15 is 0 Å². The Morgan fingerprint density at radius 1 is 1.56 bits per heavy atom. The topological polar surface area (TPSA) is 98.2 Å². The lowest BCUT2D eigenvalue weighted by molar-refractivity contribution is -0.146. The number of Topliss-reactive ketones (excluding diaryl/α,β-unsaturated/α-hetero) is 1. The Balaban J connectivity index is 2.80. The number of nitrogens with two attached hydrogens (primary N) is 1. The maximum absolute atomic E-state index is 11.7. The second-order valence-corrected chi connectivity index (χ2v) is 4.44. The van der Waals surface area contributed by atoms with Crippen LogP contribution in [0.4, 0.5) is 0 Å². The monoisotopic (exact) mass is 253 g/mol. The molecule has 1 heterocycles. The fraction of sp³-hybridized carbons (Fsp3) is 0.583. The van der Waals surface area contributed by atoms with E-state index in [1.807, 2.05) is 0 Å². The van der Waals surface area contributed by atoms with E-state index in [1.165, 1.54) is 0 Å². The normalized spacial score (nSPS) is 14.2. The molecule has 0 aromatic carbocycles. The molecule has 0 aliphatic rings. The van der Waals surface area contributed by atoms with E-state index in [4.69, 9.17) is 5.73 Å². The van der Waals surface area contributed by atoms with Gasteiger partial charge in [0.1, 0.15) is 5.78 Å². The number of ketones is 1. The number of aliphatic carboxylic acids is 1. The van der Waals surface area contributed by atoms with E-state index in [0.717, 1.165) is 5.69 Å². The predicted octanol–water partition coefficient (Wildman–Crippen LogP) is 0.217. The van der Waals surface area contributed by atoms with Crippen molar-refractivity contribution in [3.63, 3.8) is 0 Å². The largest absolute Gasteiger partial charge is 0.481 e. The first-order valence-electron chi connectivity index (χ1n) is 5.88. The summed E-state index contributed by atoms with van der Waals surface area (Å²) in [5, 5.41) is 9.24. The summed E-state index contributed by atoms with van der Waals surface area (Å²) in [5.74, 6) is -2.35. The van der Waals surface area contributed by atoms with E-state index < -0.39 is 17.8 Å². The maximum atomic E-state index is 11.7. The minimum atomic E-state index is -0.964. The summed E-state index contributed by atoms with van der Waals surface area (Å²) in [4.78, 5) is 27.0. The van der Waals surface area contributed by atoms with Crippen molar-refractivity contribution in [3.8, 4) is 0 Å². The van der Waals surface area contributed by atoms with Crippen molar-refractivity contribution in [1.29, 1.82) is 0 Å². The lowest BCUT2D eigenvalue weighted by Crippen LogP contribution is -2.31. The average Bonchev–Trinajstić information content (AvgIpc) is 2.70. The van der Waals surface area contributed by atoms with Gasteiger partial charge in [0.15, 0.2) is 0 Å². The van der Waals surface area contributed by atoms with Crippen LogP contribution >= 0.6 is 0 Å². The molecule has 1 aromatic rings. The fourth-order valence-electron chi connectivity index (χ4n) is 1.88. The zero-order valence-corrected chi connectivity index (χ0v) is 10.7. The van der Waals surface area contributed by atoms with Gasteiger partial charge in [-0.2, -0.15) is 0 Å². The lowest BCUT2D eigenvalue weighted by Gasteiger charge is -2.19. The number of nitrogens with zero attached hydrogens (tertiary/aromatic N) is 2. The van der Waals surface area contributed by atoms with Crippen LogP contribution in [-0.4, -0.2) is 33.0 Å². The molecule has 0 aliphatic carbocycles. The molecule has 100 valence electrons. The Morgan fingerprint density at radius 3 is 2.67 bits per heavy atom. The van der Waals surface area contributed by atoms with Gasteiger partial charge in [0, 0.05) is 37.7 Å². The third-order valence-corrected chi connectivity index (χ3v) is 3.16. The molecule has 0 saturated carbocycles. The molecule has 0 amide bonds. The molecule has 1 aromatic heterocycles. The molecule has 2 atom stereocenters. The minimum Gasteiger partial charge on any atom is -0.481 e.